The standard InChI is InChI=1S/C21H25N5O4.ClH/c1-14-5-3-4-6-16(14)13-29-17-8-7-15(11-18(17)28-2)12-23-9-10-24-21(27)19-20(22)26-30-25-19;/h3-8,11,23H,9-10,12-13H2,1-2H3,(H2,22,26)(H,24,27);1H. The lowest BCUT2D eigenvalue weighted by Gasteiger charge is -2.14. The number of methoxy groups -OCH3 is 1. The van der Waals surface area contributed by atoms with Crippen LogP contribution < -0.4 is 25.8 Å². The van der Waals surface area contributed by atoms with E-state index in [1.165, 1.54) is 5.56 Å². The molecule has 0 saturated carbocycles. The van der Waals surface area contributed by atoms with E-state index in [9.17, 15) is 4.79 Å². The van der Waals surface area contributed by atoms with Gasteiger partial charge in [0.25, 0.3) is 5.91 Å². The Bertz CT molecular complexity index is 995. The Balaban J connectivity index is 0.00000341. The minimum atomic E-state index is -0.424. The molecule has 2 aromatic carbocycles. The Morgan fingerprint density at radius 1 is 1.13 bits per heavy atom. The van der Waals surface area contributed by atoms with Gasteiger partial charge >= 0.3 is 0 Å². The van der Waals surface area contributed by atoms with Gasteiger partial charge in [-0.1, -0.05) is 30.3 Å². The van der Waals surface area contributed by atoms with E-state index in [1.807, 2.05) is 36.4 Å². The highest BCUT2D eigenvalue weighted by Crippen LogP contribution is 2.29. The first kappa shape index (κ1) is 24.0. The van der Waals surface area contributed by atoms with Crippen LogP contribution in [0, 0.1) is 6.92 Å². The zero-order chi connectivity index (χ0) is 21.3. The lowest BCUT2D eigenvalue weighted by molar-refractivity contribution is 0.0944. The van der Waals surface area contributed by atoms with Crippen molar-refractivity contribution in [2.75, 3.05) is 25.9 Å². The summed E-state index contributed by atoms with van der Waals surface area (Å²) in [5, 5.41) is 12.8. The number of aromatic nitrogens is 2. The van der Waals surface area contributed by atoms with Crippen LogP contribution in [-0.2, 0) is 13.2 Å². The van der Waals surface area contributed by atoms with Gasteiger partial charge in [0.15, 0.2) is 11.5 Å². The van der Waals surface area contributed by atoms with Gasteiger partial charge in [-0.15, -0.1) is 12.4 Å². The van der Waals surface area contributed by atoms with Gasteiger partial charge < -0.3 is 25.8 Å². The van der Waals surface area contributed by atoms with Crippen LogP contribution in [0.15, 0.2) is 47.1 Å². The summed E-state index contributed by atoms with van der Waals surface area (Å²) < 4.78 is 15.8. The largest absolute Gasteiger partial charge is 0.493 e. The Hall–Kier alpha value is -3.30. The van der Waals surface area contributed by atoms with E-state index in [4.69, 9.17) is 15.2 Å². The van der Waals surface area contributed by atoms with Crippen LogP contribution in [0.4, 0.5) is 5.82 Å². The number of carbonyl (C=O) groups excluding carboxylic acids is 1. The quantitative estimate of drug-likeness (QED) is 0.405. The Morgan fingerprint density at radius 2 is 1.94 bits per heavy atom. The molecule has 4 N–H and O–H groups in total. The van der Waals surface area contributed by atoms with Gasteiger partial charge in [-0.05, 0) is 46.1 Å². The molecule has 0 saturated heterocycles. The Morgan fingerprint density at radius 3 is 2.65 bits per heavy atom. The van der Waals surface area contributed by atoms with Gasteiger partial charge in [0, 0.05) is 19.6 Å². The number of carbonyl (C=O) groups is 1. The molecule has 0 aliphatic rings. The summed E-state index contributed by atoms with van der Waals surface area (Å²) in [6.45, 7) is 4.11. The lowest BCUT2D eigenvalue weighted by atomic mass is 10.1. The summed E-state index contributed by atoms with van der Waals surface area (Å²) in [5.74, 6) is 0.908. The van der Waals surface area contributed by atoms with Gasteiger partial charge in [0.05, 0.1) is 7.11 Å². The number of ether oxygens (including phenoxy) is 2. The summed E-state index contributed by atoms with van der Waals surface area (Å²) in [6, 6.07) is 13.9. The summed E-state index contributed by atoms with van der Waals surface area (Å²) in [5.41, 5.74) is 8.83. The molecular weight excluding hydrogens is 422 g/mol. The predicted octanol–water partition coefficient (Wildman–Crippen LogP) is 2.49. The molecule has 0 fully saturated rings. The molecule has 0 aliphatic carbocycles. The molecule has 1 aromatic heterocycles. The van der Waals surface area contributed by atoms with Crippen molar-refractivity contribution in [2.24, 2.45) is 0 Å². The fourth-order valence-corrected chi connectivity index (χ4v) is 2.80. The second kappa shape index (κ2) is 11.8. The first-order valence-electron chi connectivity index (χ1n) is 9.49. The van der Waals surface area contributed by atoms with Crippen molar-refractivity contribution in [3.05, 3.63) is 64.8 Å². The molecular formula is C21H26ClN5O4. The molecule has 0 atom stereocenters. The van der Waals surface area contributed by atoms with Crippen LogP contribution >= 0.6 is 12.4 Å². The van der Waals surface area contributed by atoms with Gasteiger partial charge in [-0.25, -0.2) is 4.63 Å². The van der Waals surface area contributed by atoms with Crippen molar-refractivity contribution < 1.29 is 18.9 Å². The van der Waals surface area contributed by atoms with E-state index in [1.54, 1.807) is 7.11 Å². The third kappa shape index (κ3) is 6.59. The maximum Gasteiger partial charge on any atom is 0.277 e. The molecule has 10 heteroatoms. The molecule has 3 aromatic rings. The summed E-state index contributed by atoms with van der Waals surface area (Å²) >= 11 is 0. The van der Waals surface area contributed by atoms with Gasteiger partial charge in [0.2, 0.25) is 11.5 Å². The zero-order valence-corrected chi connectivity index (χ0v) is 18.2. The fraction of sp³-hybridized carbons (Fsp3) is 0.286. The normalized spacial score (nSPS) is 10.3. The van der Waals surface area contributed by atoms with Crippen molar-refractivity contribution >= 4 is 24.1 Å². The van der Waals surface area contributed by atoms with Crippen molar-refractivity contribution in [3.63, 3.8) is 0 Å². The highest BCUT2D eigenvalue weighted by molar-refractivity contribution is 5.95. The van der Waals surface area contributed by atoms with E-state index in [-0.39, 0.29) is 23.9 Å². The molecule has 9 nitrogen and oxygen atoms in total. The van der Waals surface area contributed by atoms with Crippen molar-refractivity contribution in [1.29, 1.82) is 0 Å². The highest BCUT2D eigenvalue weighted by Gasteiger charge is 2.14. The number of nitrogens with two attached hydrogens (primary N) is 1. The van der Waals surface area contributed by atoms with Crippen LogP contribution in [-0.4, -0.2) is 36.4 Å². The number of rotatable bonds is 10. The number of aryl methyl sites for hydroxylation is 1. The number of nitrogen functional groups attached to an aromatic ring is 1. The van der Waals surface area contributed by atoms with Crippen LogP contribution in [0.25, 0.3) is 0 Å². The summed E-state index contributed by atoms with van der Waals surface area (Å²) in [6.07, 6.45) is 0. The van der Waals surface area contributed by atoms with E-state index < -0.39 is 5.91 Å². The average Bonchev–Trinajstić information content (AvgIpc) is 3.19. The first-order valence-corrected chi connectivity index (χ1v) is 9.49. The number of nitrogens with one attached hydrogen (secondary N) is 2. The van der Waals surface area contributed by atoms with E-state index in [0.717, 1.165) is 11.1 Å². The summed E-state index contributed by atoms with van der Waals surface area (Å²) in [4.78, 5) is 11.9. The minimum Gasteiger partial charge on any atom is -0.493 e. The predicted molar refractivity (Wildman–Crippen MR) is 119 cm³/mol. The van der Waals surface area contributed by atoms with Crippen LogP contribution in [0.3, 0.4) is 0 Å². The van der Waals surface area contributed by atoms with Crippen molar-refractivity contribution in [2.45, 2.75) is 20.1 Å². The molecule has 0 aliphatic heterocycles. The minimum absolute atomic E-state index is 0. The molecule has 3 rings (SSSR count). The van der Waals surface area contributed by atoms with E-state index in [0.29, 0.717) is 37.7 Å². The number of nitrogens with zero attached hydrogens (tertiary/aromatic N) is 2. The number of benzene rings is 2. The van der Waals surface area contributed by atoms with Crippen LogP contribution in [0.1, 0.15) is 27.2 Å². The number of hydrogen-bond acceptors (Lipinski definition) is 8. The van der Waals surface area contributed by atoms with Crippen molar-refractivity contribution in [1.82, 2.24) is 20.9 Å². The number of hydrogen-bond donors (Lipinski definition) is 3. The maximum atomic E-state index is 11.9. The maximum absolute atomic E-state index is 11.9. The molecule has 1 heterocycles. The lowest BCUT2D eigenvalue weighted by Crippen LogP contribution is -2.32. The molecule has 166 valence electrons. The van der Waals surface area contributed by atoms with Crippen LogP contribution in [0.2, 0.25) is 0 Å². The monoisotopic (exact) mass is 447 g/mol. The van der Waals surface area contributed by atoms with Gasteiger partial charge in [0.1, 0.15) is 6.61 Å². The average molecular weight is 448 g/mol. The molecule has 0 radical (unpaired) electrons. The Kier molecular flexibility index (Phi) is 9.11. The third-order valence-electron chi connectivity index (χ3n) is 4.52. The second-order valence-electron chi connectivity index (χ2n) is 6.63. The first-order chi connectivity index (χ1) is 14.6. The number of halogens is 1. The molecule has 31 heavy (non-hydrogen) atoms. The van der Waals surface area contributed by atoms with E-state index in [2.05, 4.69) is 38.6 Å². The second-order valence-corrected chi connectivity index (χ2v) is 6.63. The number of amides is 1. The topological polar surface area (TPSA) is 125 Å². The smallest absolute Gasteiger partial charge is 0.277 e. The molecule has 0 unspecified atom stereocenters. The Labute approximate surface area is 186 Å². The van der Waals surface area contributed by atoms with Gasteiger partial charge in [-0.3, -0.25) is 4.79 Å². The summed E-state index contributed by atoms with van der Waals surface area (Å²) in [7, 11) is 1.62. The highest BCUT2D eigenvalue weighted by atomic mass is 35.5. The van der Waals surface area contributed by atoms with Gasteiger partial charge in [-0.2, -0.15) is 0 Å². The third-order valence-corrected chi connectivity index (χ3v) is 4.52. The number of anilines is 1. The SMILES string of the molecule is COc1cc(CNCCNC(=O)c2nonc2N)ccc1OCc1ccccc1C.Cl. The molecule has 0 spiro atoms. The van der Waals surface area contributed by atoms with Crippen LogP contribution in [0.5, 0.6) is 11.5 Å². The fourth-order valence-electron chi connectivity index (χ4n) is 2.80. The zero-order valence-electron chi connectivity index (χ0n) is 17.4. The van der Waals surface area contributed by atoms with Crippen molar-refractivity contribution in [3.8, 4) is 11.5 Å². The molecule has 0 bridgehead atoms. The van der Waals surface area contributed by atoms with E-state index >= 15 is 0 Å². The molecule has 1 amide bonds.